The van der Waals surface area contributed by atoms with Gasteiger partial charge in [-0.1, -0.05) is 29.8 Å². The van der Waals surface area contributed by atoms with Crippen molar-refractivity contribution in [3.05, 3.63) is 98.7 Å². The molecule has 5 rings (SSSR count). The summed E-state index contributed by atoms with van der Waals surface area (Å²) in [7, 11) is 1.64. The number of hydrogen-bond donors (Lipinski definition) is 0. The van der Waals surface area contributed by atoms with Gasteiger partial charge in [0.05, 0.1) is 43.4 Å². The third-order valence-electron chi connectivity index (χ3n) is 6.27. The maximum absolute atomic E-state index is 13.2. The van der Waals surface area contributed by atoms with Crippen LogP contribution in [0.25, 0.3) is 5.57 Å². The van der Waals surface area contributed by atoms with E-state index in [-0.39, 0.29) is 11.6 Å². The number of pyridine rings is 2. The van der Waals surface area contributed by atoms with Crippen LogP contribution in [0.2, 0.25) is 5.02 Å². The Balaban J connectivity index is 1.46. The molecule has 0 spiro atoms. The van der Waals surface area contributed by atoms with Gasteiger partial charge in [-0.15, -0.1) is 0 Å². The summed E-state index contributed by atoms with van der Waals surface area (Å²) in [5, 5.41) is 0.634. The van der Waals surface area contributed by atoms with E-state index < -0.39 is 0 Å². The van der Waals surface area contributed by atoms with E-state index in [1.807, 2.05) is 42.7 Å². The van der Waals surface area contributed by atoms with Crippen LogP contribution in [0.1, 0.15) is 28.4 Å². The van der Waals surface area contributed by atoms with Crippen LogP contribution in [-0.2, 0) is 15.9 Å². The monoisotopic (exact) mass is 463 g/mol. The second-order valence-corrected chi connectivity index (χ2v) is 8.73. The fourth-order valence-electron chi connectivity index (χ4n) is 4.58. The first-order valence-corrected chi connectivity index (χ1v) is 11.5. The minimum absolute atomic E-state index is 0.0823. The van der Waals surface area contributed by atoms with Crippen LogP contribution in [0.4, 0.5) is 5.69 Å². The summed E-state index contributed by atoms with van der Waals surface area (Å²) in [6.07, 6.45) is 6.72. The first-order valence-electron chi connectivity index (χ1n) is 11.1. The SMILES string of the molecule is COCC(c1cccc(Cl)c1)n1ccc(C2=CCc3ncc(N4CCOCC4)cc32)cc1=O. The Morgan fingerprint density at radius 2 is 2.03 bits per heavy atom. The van der Waals surface area contributed by atoms with Crippen molar-refractivity contribution in [3.63, 3.8) is 0 Å². The molecule has 0 N–H and O–H groups in total. The quantitative estimate of drug-likeness (QED) is 0.554. The molecule has 1 aromatic carbocycles. The summed E-state index contributed by atoms with van der Waals surface area (Å²) >= 11 is 6.19. The van der Waals surface area contributed by atoms with E-state index in [0.717, 1.165) is 66.4 Å². The Kier molecular flexibility index (Phi) is 6.31. The van der Waals surface area contributed by atoms with Crippen molar-refractivity contribution in [2.24, 2.45) is 0 Å². The topological polar surface area (TPSA) is 56.6 Å². The van der Waals surface area contributed by atoms with Gasteiger partial charge in [-0.2, -0.15) is 0 Å². The summed E-state index contributed by atoms with van der Waals surface area (Å²) in [6.45, 7) is 3.55. The molecule has 0 saturated carbocycles. The van der Waals surface area contributed by atoms with Crippen LogP contribution in [0, 0.1) is 0 Å². The molecule has 170 valence electrons. The smallest absolute Gasteiger partial charge is 0.251 e. The lowest BCUT2D eigenvalue weighted by Gasteiger charge is -2.29. The number of methoxy groups -OCH3 is 1. The standard InChI is InChI=1S/C26H26ClN3O3/c1-32-17-25(19-3-2-4-20(27)13-19)30-8-7-18(14-26(30)31)22-5-6-24-23(22)15-21(16-28-24)29-9-11-33-12-10-29/h2-5,7-8,13-16,25H,6,9-12,17H2,1H3. The molecule has 1 fully saturated rings. The number of nitrogens with zero attached hydrogens (tertiary/aromatic N) is 3. The number of anilines is 1. The number of halogens is 1. The normalized spacial score (nSPS) is 16.4. The van der Waals surface area contributed by atoms with Crippen LogP contribution in [0.5, 0.6) is 0 Å². The predicted molar refractivity (Wildman–Crippen MR) is 130 cm³/mol. The zero-order valence-corrected chi connectivity index (χ0v) is 19.3. The van der Waals surface area contributed by atoms with Gasteiger partial charge >= 0.3 is 0 Å². The number of rotatable bonds is 6. The molecule has 3 heterocycles. The van der Waals surface area contributed by atoms with Crippen molar-refractivity contribution in [1.82, 2.24) is 9.55 Å². The average molecular weight is 464 g/mol. The highest BCUT2D eigenvalue weighted by atomic mass is 35.5. The molecule has 1 atom stereocenters. The van der Waals surface area contributed by atoms with E-state index in [4.69, 9.17) is 26.1 Å². The lowest BCUT2D eigenvalue weighted by molar-refractivity contribution is 0.122. The van der Waals surface area contributed by atoms with Crippen molar-refractivity contribution in [3.8, 4) is 0 Å². The number of hydrogen-bond acceptors (Lipinski definition) is 5. The zero-order valence-electron chi connectivity index (χ0n) is 18.5. The van der Waals surface area contributed by atoms with E-state index in [1.165, 1.54) is 0 Å². The maximum Gasteiger partial charge on any atom is 0.251 e. The highest BCUT2D eigenvalue weighted by Crippen LogP contribution is 2.34. The predicted octanol–water partition coefficient (Wildman–Crippen LogP) is 3.96. The molecule has 0 bridgehead atoms. The van der Waals surface area contributed by atoms with Crippen molar-refractivity contribution < 1.29 is 9.47 Å². The largest absolute Gasteiger partial charge is 0.382 e. The average Bonchev–Trinajstić information content (AvgIpc) is 3.27. The molecule has 1 unspecified atom stereocenters. The van der Waals surface area contributed by atoms with Crippen LogP contribution < -0.4 is 10.5 Å². The van der Waals surface area contributed by atoms with Crippen LogP contribution in [0.3, 0.4) is 0 Å². The molecule has 0 amide bonds. The fraction of sp³-hybridized carbons (Fsp3) is 0.308. The van der Waals surface area contributed by atoms with Gasteiger partial charge in [0, 0.05) is 49.5 Å². The van der Waals surface area contributed by atoms with Gasteiger partial charge in [-0.05, 0) is 41.0 Å². The van der Waals surface area contributed by atoms with Gasteiger partial charge in [0.2, 0.25) is 0 Å². The van der Waals surface area contributed by atoms with E-state index >= 15 is 0 Å². The Labute approximate surface area is 198 Å². The highest BCUT2D eigenvalue weighted by Gasteiger charge is 2.22. The van der Waals surface area contributed by atoms with Gasteiger partial charge in [-0.25, -0.2) is 0 Å². The number of aromatic nitrogens is 2. The highest BCUT2D eigenvalue weighted by molar-refractivity contribution is 6.30. The molecule has 1 aliphatic heterocycles. The van der Waals surface area contributed by atoms with E-state index in [9.17, 15) is 4.79 Å². The number of fused-ring (bicyclic) bond motifs is 1. The number of benzene rings is 1. The number of allylic oxidation sites excluding steroid dienone is 1. The molecule has 1 saturated heterocycles. The second kappa shape index (κ2) is 9.51. The van der Waals surface area contributed by atoms with Crippen LogP contribution >= 0.6 is 11.6 Å². The molecule has 3 aromatic rings. The van der Waals surface area contributed by atoms with Crippen LogP contribution in [-0.4, -0.2) is 49.6 Å². The molecular formula is C26H26ClN3O3. The minimum atomic E-state index is -0.255. The first kappa shape index (κ1) is 21.9. The fourth-order valence-corrected chi connectivity index (χ4v) is 4.78. The van der Waals surface area contributed by atoms with Gasteiger partial charge < -0.3 is 18.9 Å². The first-order chi connectivity index (χ1) is 16.1. The van der Waals surface area contributed by atoms with Crippen molar-refractivity contribution >= 4 is 22.9 Å². The molecule has 2 aromatic heterocycles. The summed E-state index contributed by atoms with van der Waals surface area (Å²) in [4.78, 5) is 20.2. The Hall–Kier alpha value is -2.93. The maximum atomic E-state index is 13.2. The number of morpholine rings is 1. The summed E-state index contributed by atoms with van der Waals surface area (Å²) in [6, 6.07) is 13.2. The van der Waals surface area contributed by atoms with Crippen molar-refractivity contribution in [2.75, 3.05) is 44.9 Å². The van der Waals surface area contributed by atoms with Gasteiger partial charge in [0.15, 0.2) is 0 Å². The third-order valence-corrected chi connectivity index (χ3v) is 6.51. The molecule has 33 heavy (non-hydrogen) atoms. The van der Waals surface area contributed by atoms with Crippen molar-refractivity contribution in [1.29, 1.82) is 0 Å². The summed E-state index contributed by atoms with van der Waals surface area (Å²) < 4.78 is 12.6. The minimum Gasteiger partial charge on any atom is -0.382 e. The third kappa shape index (κ3) is 4.47. The molecule has 0 radical (unpaired) electrons. The molecule has 6 nitrogen and oxygen atoms in total. The summed E-state index contributed by atoms with van der Waals surface area (Å²) in [5.41, 5.74) is 6.05. The molecule has 2 aliphatic rings. The van der Waals surface area contributed by atoms with Gasteiger partial charge in [0.1, 0.15) is 0 Å². The zero-order chi connectivity index (χ0) is 22.8. The van der Waals surface area contributed by atoms with E-state index in [1.54, 1.807) is 17.7 Å². The molecular weight excluding hydrogens is 438 g/mol. The lowest BCUT2D eigenvalue weighted by Crippen LogP contribution is -2.36. The van der Waals surface area contributed by atoms with Crippen LogP contribution in [0.15, 0.2) is 65.7 Å². The van der Waals surface area contributed by atoms with Gasteiger partial charge in [0.25, 0.3) is 5.56 Å². The van der Waals surface area contributed by atoms with E-state index in [0.29, 0.717) is 11.6 Å². The number of ether oxygens (including phenoxy) is 2. The Morgan fingerprint density at radius 1 is 1.18 bits per heavy atom. The van der Waals surface area contributed by atoms with Gasteiger partial charge in [-0.3, -0.25) is 9.78 Å². The molecule has 7 heteroatoms. The Bertz CT molecular complexity index is 1250. The summed E-state index contributed by atoms with van der Waals surface area (Å²) in [5.74, 6) is 0. The lowest BCUT2D eigenvalue weighted by atomic mass is 10.0. The van der Waals surface area contributed by atoms with E-state index in [2.05, 4.69) is 17.0 Å². The van der Waals surface area contributed by atoms with Crippen molar-refractivity contribution in [2.45, 2.75) is 12.5 Å². The second-order valence-electron chi connectivity index (χ2n) is 8.30. The Morgan fingerprint density at radius 3 is 2.79 bits per heavy atom. The molecule has 1 aliphatic carbocycles.